The van der Waals surface area contributed by atoms with Gasteiger partial charge in [-0.2, -0.15) is 8.42 Å². The average molecular weight is 336 g/mol. The van der Waals surface area contributed by atoms with Crippen LogP contribution in [0.25, 0.3) is 0 Å². The van der Waals surface area contributed by atoms with Crippen molar-refractivity contribution >= 4 is 21.7 Å². The van der Waals surface area contributed by atoms with Crippen LogP contribution in [0.2, 0.25) is 0 Å². The van der Waals surface area contributed by atoms with E-state index in [4.69, 9.17) is 0 Å². The topological polar surface area (TPSA) is 149 Å². The maximum Gasteiger partial charge on any atom is 0.295 e. The van der Waals surface area contributed by atoms with E-state index in [0.29, 0.717) is 6.07 Å². The summed E-state index contributed by atoms with van der Waals surface area (Å²) in [5, 5.41) is 28.9. The Labute approximate surface area is 129 Å². The summed E-state index contributed by atoms with van der Waals surface area (Å²) in [6.07, 6.45) is 0. The minimum atomic E-state index is -4.96. The minimum Gasteiger partial charge on any atom is -0.508 e. The van der Waals surface area contributed by atoms with Gasteiger partial charge in [-0.3, -0.25) is 14.1 Å². The molecule has 3 rings (SSSR count). The second-order valence-electron chi connectivity index (χ2n) is 4.86. The van der Waals surface area contributed by atoms with E-state index in [9.17, 15) is 37.9 Å². The van der Waals surface area contributed by atoms with Crippen molar-refractivity contribution in [2.24, 2.45) is 0 Å². The van der Waals surface area contributed by atoms with E-state index in [0.717, 1.165) is 18.2 Å². The van der Waals surface area contributed by atoms with Crippen molar-refractivity contribution in [2.75, 3.05) is 0 Å². The summed E-state index contributed by atoms with van der Waals surface area (Å²) in [5.74, 6) is -4.18. The number of carbonyl (C=O) groups is 2. The number of hydrogen-bond donors (Lipinski definition) is 4. The minimum absolute atomic E-state index is 0.178. The van der Waals surface area contributed by atoms with Crippen molar-refractivity contribution < 1.29 is 37.9 Å². The molecule has 0 amide bonds. The first-order valence-electron chi connectivity index (χ1n) is 6.11. The molecule has 0 unspecified atom stereocenters. The van der Waals surface area contributed by atoms with Crippen molar-refractivity contribution in [3.63, 3.8) is 0 Å². The fourth-order valence-corrected chi connectivity index (χ4v) is 3.19. The van der Waals surface area contributed by atoms with E-state index in [1.54, 1.807) is 0 Å². The first-order chi connectivity index (χ1) is 10.6. The first-order valence-corrected chi connectivity index (χ1v) is 7.55. The van der Waals surface area contributed by atoms with Gasteiger partial charge in [-0.25, -0.2) is 0 Å². The largest absolute Gasteiger partial charge is 0.508 e. The second kappa shape index (κ2) is 4.54. The van der Waals surface area contributed by atoms with Crippen molar-refractivity contribution in [3.05, 3.63) is 46.5 Å². The Hall–Kier alpha value is -2.91. The predicted molar refractivity (Wildman–Crippen MR) is 74.6 cm³/mol. The molecule has 118 valence electrons. The number of rotatable bonds is 1. The van der Waals surface area contributed by atoms with E-state index >= 15 is 0 Å². The summed E-state index contributed by atoms with van der Waals surface area (Å²) in [7, 11) is -4.96. The third-order valence-corrected chi connectivity index (χ3v) is 4.35. The van der Waals surface area contributed by atoms with Crippen LogP contribution in [0.4, 0.5) is 0 Å². The predicted octanol–water partition coefficient (Wildman–Crippen LogP) is 0.826. The number of phenolic OH excluding ortho intramolecular Hbond substituents is 3. The third-order valence-electron chi connectivity index (χ3n) is 3.47. The zero-order chi connectivity index (χ0) is 17.1. The number of carbonyl (C=O) groups excluding carboxylic acids is 2. The Bertz CT molecular complexity index is 1000. The molecule has 0 saturated carbocycles. The molecule has 0 heterocycles. The molecule has 2 aromatic rings. The third kappa shape index (κ3) is 2.05. The van der Waals surface area contributed by atoms with E-state index in [-0.39, 0.29) is 16.9 Å². The first kappa shape index (κ1) is 15.0. The summed E-state index contributed by atoms with van der Waals surface area (Å²) in [6.45, 7) is 0. The number of aromatic hydroxyl groups is 3. The van der Waals surface area contributed by atoms with E-state index in [2.05, 4.69) is 0 Å². The van der Waals surface area contributed by atoms with Gasteiger partial charge < -0.3 is 15.3 Å². The van der Waals surface area contributed by atoms with E-state index < -0.39 is 49.2 Å². The van der Waals surface area contributed by atoms with Crippen LogP contribution in [-0.4, -0.2) is 39.9 Å². The van der Waals surface area contributed by atoms with Crippen molar-refractivity contribution in [2.45, 2.75) is 4.90 Å². The summed E-state index contributed by atoms with van der Waals surface area (Å²) < 4.78 is 32.1. The molecule has 4 N–H and O–H groups in total. The lowest BCUT2D eigenvalue weighted by molar-refractivity contribution is 0.0973. The van der Waals surface area contributed by atoms with Crippen LogP contribution in [0.5, 0.6) is 17.2 Å². The standard InChI is InChI=1S/C14H8O8S/c15-5-1-2-6-7(3-5)13(18)10-9(23(20,21)22)4-8(16)14(19)11(10)12(6)17/h1-4,15-16,19H,(H,20,21,22). The molecule has 0 bridgehead atoms. The van der Waals surface area contributed by atoms with Crippen LogP contribution in [-0.2, 0) is 10.1 Å². The number of ketones is 2. The van der Waals surface area contributed by atoms with Gasteiger partial charge in [0.05, 0.1) is 11.1 Å². The van der Waals surface area contributed by atoms with Gasteiger partial charge in [-0.05, 0) is 18.2 Å². The summed E-state index contributed by atoms with van der Waals surface area (Å²) >= 11 is 0. The monoisotopic (exact) mass is 336 g/mol. The number of fused-ring (bicyclic) bond motifs is 2. The van der Waals surface area contributed by atoms with Crippen LogP contribution in [0, 0.1) is 0 Å². The molecule has 0 atom stereocenters. The van der Waals surface area contributed by atoms with Crippen molar-refractivity contribution in [3.8, 4) is 17.2 Å². The van der Waals surface area contributed by atoms with Crippen LogP contribution < -0.4 is 0 Å². The van der Waals surface area contributed by atoms with Crippen LogP contribution in [0.3, 0.4) is 0 Å². The highest BCUT2D eigenvalue weighted by Crippen LogP contribution is 2.42. The van der Waals surface area contributed by atoms with Crippen molar-refractivity contribution in [1.82, 2.24) is 0 Å². The van der Waals surface area contributed by atoms with Gasteiger partial charge in [0.1, 0.15) is 10.6 Å². The molecule has 0 aliphatic heterocycles. The van der Waals surface area contributed by atoms with Gasteiger partial charge in [0, 0.05) is 17.2 Å². The zero-order valence-electron chi connectivity index (χ0n) is 11.1. The Morgan fingerprint density at radius 3 is 2.04 bits per heavy atom. The van der Waals surface area contributed by atoms with Gasteiger partial charge in [0.25, 0.3) is 10.1 Å². The molecule has 0 radical (unpaired) electrons. The molecule has 1 aliphatic carbocycles. The summed E-state index contributed by atoms with van der Waals surface area (Å²) in [6, 6.07) is 3.71. The van der Waals surface area contributed by atoms with Gasteiger partial charge in [-0.15, -0.1) is 0 Å². The normalized spacial score (nSPS) is 13.6. The highest BCUT2D eigenvalue weighted by molar-refractivity contribution is 7.86. The van der Waals surface area contributed by atoms with Gasteiger partial charge >= 0.3 is 0 Å². The second-order valence-corrected chi connectivity index (χ2v) is 6.25. The fraction of sp³-hybridized carbons (Fsp3) is 0. The van der Waals surface area contributed by atoms with E-state index in [1.807, 2.05) is 0 Å². The fourth-order valence-electron chi connectivity index (χ4n) is 2.47. The number of benzene rings is 2. The van der Waals surface area contributed by atoms with Crippen LogP contribution >= 0.6 is 0 Å². The lowest BCUT2D eigenvalue weighted by Gasteiger charge is -2.20. The van der Waals surface area contributed by atoms with Crippen LogP contribution in [0.1, 0.15) is 31.8 Å². The summed E-state index contributed by atoms with van der Waals surface area (Å²) in [5.41, 5.74) is -1.94. The Morgan fingerprint density at radius 2 is 1.43 bits per heavy atom. The van der Waals surface area contributed by atoms with Crippen molar-refractivity contribution in [1.29, 1.82) is 0 Å². The zero-order valence-corrected chi connectivity index (χ0v) is 12.0. The number of hydrogen-bond acceptors (Lipinski definition) is 7. The molecule has 0 saturated heterocycles. The quantitative estimate of drug-likeness (QED) is 0.377. The molecule has 0 fully saturated rings. The molecule has 23 heavy (non-hydrogen) atoms. The molecule has 0 aromatic heterocycles. The molecule has 8 nitrogen and oxygen atoms in total. The molecule has 0 spiro atoms. The summed E-state index contributed by atoms with van der Waals surface area (Å²) in [4.78, 5) is 23.9. The highest BCUT2D eigenvalue weighted by atomic mass is 32.2. The number of phenols is 3. The lowest BCUT2D eigenvalue weighted by atomic mass is 9.83. The smallest absolute Gasteiger partial charge is 0.295 e. The molecule has 1 aliphatic rings. The SMILES string of the molecule is O=C1c2cc(O)ccc2C(=O)c2c(O)c(O)cc(S(=O)(=O)O)c21. The molecule has 2 aromatic carbocycles. The lowest BCUT2D eigenvalue weighted by Crippen LogP contribution is -2.24. The molecular formula is C14H8O8S. The Morgan fingerprint density at radius 1 is 0.826 bits per heavy atom. The van der Waals surface area contributed by atoms with Gasteiger partial charge in [0.15, 0.2) is 23.1 Å². The van der Waals surface area contributed by atoms with E-state index in [1.165, 1.54) is 0 Å². The maximum atomic E-state index is 12.5. The van der Waals surface area contributed by atoms with Gasteiger partial charge in [0.2, 0.25) is 0 Å². The maximum absolute atomic E-state index is 12.5. The molecular weight excluding hydrogens is 328 g/mol. The Balaban J connectivity index is 2.48. The average Bonchev–Trinajstić information content (AvgIpc) is 2.46. The highest BCUT2D eigenvalue weighted by Gasteiger charge is 2.38. The van der Waals surface area contributed by atoms with Gasteiger partial charge in [-0.1, -0.05) is 0 Å². The Kier molecular flexibility index (Phi) is 2.96. The van der Waals surface area contributed by atoms with Crippen LogP contribution in [0.15, 0.2) is 29.2 Å². The molecule has 9 heteroatoms.